The van der Waals surface area contributed by atoms with Gasteiger partial charge >= 0.3 is 0 Å². The van der Waals surface area contributed by atoms with Gasteiger partial charge in [0.05, 0.1) is 5.92 Å². The van der Waals surface area contributed by atoms with Gasteiger partial charge < -0.3 is 10.2 Å². The number of amides is 1. The largest absolute Gasteiger partial charge is 0.338 e. The van der Waals surface area contributed by atoms with E-state index in [2.05, 4.69) is 12.2 Å². The highest BCUT2D eigenvalue weighted by Gasteiger charge is 2.29. The standard InChI is InChI=1S/C15H21ClN2O/c1-2-3-8-18(15(19)13-9-17-10-13)11-12-6-4-5-7-14(12)16/h4-7,13,17H,2-3,8-11H2,1H3. The van der Waals surface area contributed by atoms with E-state index in [0.717, 1.165) is 43.1 Å². The third-order valence-corrected chi connectivity index (χ3v) is 3.91. The molecule has 1 saturated heterocycles. The van der Waals surface area contributed by atoms with Crippen LogP contribution in [0.3, 0.4) is 0 Å². The van der Waals surface area contributed by atoms with Crippen molar-refractivity contribution in [2.45, 2.75) is 26.3 Å². The quantitative estimate of drug-likeness (QED) is 0.869. The van der Waals surface area contributed by atoms with Crippen LogP contribution in [0.15, 0.2) is 24.3 Å². The summed E-state index contributed by atoms with van der Waals surface area (Å²) in [6, 6.07) is 7.76. The van der Waals surface area contributed by atoms with Gasteiger partial charge in [-0.15, -0.1) is 0 Å². The lowest BCUT2D eigenvalue weighted by atomic mass is 10.0. The Balaban J connectivity index is 2.04. The molecule has 1 amide bonds. The van der Waals surface area contributed by atoms with Crippen LogP contribution in [0.2, 0.25) is 5.02 Å². The molecule has 4 heteroatoms. The molecule has 104 valence electrons. The molecule has 1 fully saturated rings. The van der Waals surface area contributed by atoms with E-state index in [-0.39, 0.29) is 11.8 Å². The van der Waals surface area contributed by atoms with Crippen LogP contribution in [0, 0.1) is 5.92 Å². The molecule has 1 aliphatic rings. The molecule has 19 heavy (non-hydrogen) atoms. The van der Waals surface area contributed by atoms with Crippen molar-refractivity contribution in [3.05, 3.63) is 34.9 Å². The van der Waals surface area contributed by atoms with Crippen molar-refractivity contribution in [1.29, 1.82) is 0 Å². The molecule has 0 bridgehead atoms. The first-order valence-electron chi connectivity index (χ1n) is 6.95. The zero-order valence-corrected chi connectivity index (χ0v) is 12.1. The van der Waals surface area contributed by atoms with E-state index in [9.17, 15) is 4.79 Å². The van der Waals surface area contributed by atoms with Crippen LogP contribution < -0.4 is 5.32 Å². The topological polar surface area (TPSA) is 32.3 Å². The summed E-state index contributed by atoms with van der Waals surface area (Å²) in [6.45, 7) is 5.20. The predicted octanol–water partition coefficient (Wildman–Crippen LogP) is 2.69. The minimum Gasteiger partial charge on any atom is -0.338 e. The van der Waals surface area contributed by atoms with E-state index in [1.54, 1.807) is 0 Å². The molecular formula is C15H21ClN2O. The van der Waals surface area contributed by atoms with E-state index in [4.69, 9.17) is 11.6 Å². The molecule has 1 aromatic carbocycles. The molecule has 0 atom stereocenters. The first kappa shape index (κ1) is 14.4. The van der Waals surface area contributed by atoms with E-state index in [1.165, 1.54) is 0 Å². The van der Waals surface area contributed by atoms with Crippen molar-refractivity contribution in [3.63, 3.8) is 0 Å². The van der Waals surface area contributed by atoms with Gasteiger partial charge in [-0.25, -0.2) is 0 Å². The van der Waals surface area contributed by atoms with E-state index in [1.807, 2.05) is 29.2 Å². The summed E-state index contributed by atoms with van der Waals surface area (Å²) >= 11 is 6.18. The van der Waals surface area contributed by atoms with Gasteiger partial charge in [0.2, 0.25) is 5.91 Å². The molecule has 3 nitrogen and oxygen atoms in total. The maximum absolute atomic E-state index is 12.4. The number of nitrogens with one attached hydrogen (secondary N) is 1. The summed E-state index contributed by atoms with van der Waals surface area (Å²) in [6.07, 6.45) is 2.13. The minimum absolute atomic E-state index is 0.152. The van der Waals surface area contributed by atoms with Crippen molar-refractivity contribution in [2.24, 2.45) is 5.92 Å². The van der Waals surface area contributed by atoms with Gasteiger partial charge in [0.1, 0.15) is 0 Å². The average molecular weight is 281 g/mol. The lowest BCUT2D eigenvalue weighted by Gasteiger charge is -2.32. The number of benzene rings is 1. The normalized spacial score (nSPS) is 15.1. The van der Waals surface area contributed by atoms with Gasteiger partial charge in [-0.2, -0.15) is 0 Å². The van der Waals surface area contributed by atoms with Crippen molar-refractivity contribution < 1.29 is 4.79 Å². The second-order valence-electron chi connectivity index (χ2n) is 5.06. The minimum atomic E-state index is 0.152. The van der Waals surface area contributed by atoms with Crippen molar-refractivity contribution in [1.82, 2.24) is 10.2 Å². The van der Waals surface area contributed by atoms with Crippen LogP contribution in [0.25, 0.3) is 0 Å². The SMILES string of the molecule is CCCCN(Cc1ccccc1Cl)C(=O)C1CNC1. The Morgan fingerprint density at radius 3 is 2.74 bits per heavy atom. The Morgan fingerprint density at radius 1 is 1.42 bits per heavy atom. The Morgan fingerprint density at radius 2 is 2.16 bits per heavy atom. The van der Waals surface area contributed by atoms with Crippen LogP contribution >= 0.6 is 11.6 Å². The number of rotatable bonds is 6. The van der Waals surface area contributed by atoms with Crippen molar-refractivity contribution in [3.8, 4) is 0 Å². The van der Waals surface area contributed by atoms with Gasteiger partial charge in [-0.3, -0.25) is 4.79 Å². The molecule has 0 spiro atoms. The van der Waals surface area contributed by atoms with E-state index >= 15 is 0 Å². The lowest BCUT2D eigenvalue weighted by molar-refractivity contribution is -0.137. The van der Waals surface area contributed by atoms with E-state index < -0.39 is 0 Å². The Bertz CT molecular complexity index is 432. The number of halogens is 1. The lowest BCUT2D eigenvalue weighted by Crippen LogP contribution is -2.52. The number of carbonyl (C=O) groups excluding carboxylic acids is 1. The van der Waals surface area contributed by atoms with Gasteiger partial charge in [0.15, 0.2) is 0 Å². The average Bonchev–Trinajstić information content (AvgIpc) is 2.34. The molecule has 1 aliphatic heterocycles. The molecule has 0 aromatic heterocycles. The Hall–Kier alpha value is -1.06. The van der Waals surface area contributed by atoms with Gasteiger partial charge in [0.25, 0.3) is 0 Å². The van der Waals surface area contributed by atoms with Gasteiger partial charge in [0, 0.05) is 31.2 Å². The molecule has 0 radical (unpaired) electrons. The predicted molar refractivity (Wildman–Crippen MR) is 78.1 cm³/mol. The highest BCUT2D eigenvalue weighted by molar-refractivity contribution is 6.31. The Kier molecular flexibility index (Phi) is 5.23. The number of hydrogen-bond acceptors (Lipinski definition) is 2. The molecule has 2 rings (SSSR count). The molecule has 1 aromatic rings. The summed E-state index contributed by atoms with van der Waals surface area (Å²) in [5, 5.41) is 3.89. The summed E-state index contributed by atoms with van der Waals surface area (Å²) in [4.78, 5) is 14.3. The van der Waals surface area contributed by atoms with E-state index in [0.29, 0.717) is 6.54 Å². The molecule has 1 N–H and O–H groups in total. The first-order valence-corrected chi connectivity index (χ1v) is 7.33. The Labute approximate surface area is 119 Å². The number of nitrogens with zero attached hydrogens (tertiary/aromatic N) is 1. The van der Waals surface area contributed by atoms with Crippen molar-refractivity contribution in [2.75, 3.05) is 19.6 Å². The summed E-state index contributed by atoms with van der Waals surface area (Å²) in [7, 11) is 0. The fraction of sp³-hybridized carbons (Fsp3) is 0.533. The van der Waals surface area contributed by atoms with Crippen LogP contribution in [-0.2, 0) is 11.3 Å². The smallest absolute Gasteiger partial charge is 0.228 e. The fourth-order valence-electron chi connectivity index (χ4n) is 2.17. The highest BCUT2D eigenvalue weighted by atomic mass is 35.5. The molecule has 0 aliphatic carbocycles. The van der Waals surface area contributed by atoms with Crippen LogP contribution in [0.4, 0.5) is 0 Å². The molecule has 1 heterocycles. The maximum atomic E-state index is 12.4. The van der Waals surface area contributed by atoms with Crippen molar-refractivity contribution >= 4 is 17.5 Å². The number of unbranched alkanes of at least 4 members (excludes halogenated alkanes) is 1. The van der Waals surface area contributed by atoms with Crippen LogP contribution in [0.1, 0.15) is 25.3 Å². The third-order valence-electron chi connectivity index (χ3n) is 3.54. The summed E-state index contributed by atoms with van der Waals surface area (Å²) < 4.78 is 0. The summed E-state index contributed by atoms with van der Waals surface area (Å²) in [5.74, 6) is 0.409. The fourth-order valence-corrected chi connectivity index (χ4v) is 2.37. The summed E-state index contributed by atoms with van der Waals surface area (Å²) in [5.41, 5.74) is 1.03. The number of carbonyl (C=O) groups is 1. The van der Waals surface area contributed by atoms with Gasteiger partial charge in [-0.05, 0) is 18.1 Å². The molecular weight excluding hydrogens is 260 g/mol. The zero-order chi connectivity index (χ0) is 13.7. The molecule has 0 unspecified atom stereocenters. The second kappa shape index (κ2) is 6.92. The maximum Gasteiger partial charge on any atom is 0.228 e. The van der Waals surface area contributed by atoms with Crippen LogP contribution in [0.5, 0.6) is 0 Å². The monoisotopic (exact) mass is 280 g/mol. The molecule has 0 saturated carbocycles. The van der Waals surface area contributed by atoms with Gasteiger partial charge in [-0.1, -0.05) is 43.1 Å². The van der Waals surface area contributed by atoms with Crippen LogP contribution in [-0.4, -0.2) is 30.4 Å². The first-order chi connectivity index (χ1) is 9.22. The number of hydrogen-bond donors (Lipinski definition) is 1. The zero-order valence-electron chi connectivity index (χ0n) is 11.4. The second-order valence-corrected chi connectivity index (χ2v) is 5.47. The third kappa shape index (κ3) is 3.71. The highest BCUT2D eigenvalue weighted by Crippen LogP contribution is 2.19.